The van der Waals surface area contributed by atoms with Crippen molar-refractivity contribution in [1.29, 1.82) is 0 Å². The number of aromatic nitrogens is 2. The lowest BCUT2D eigenvalue weighted by molar-refractivity contribution is 0.0204. The number of hydrogen-bond donors (Lipinski definition) is 2. The first-order chi connectivity index (χ1) is 22.1. The summed E-state index contributed by atoms with van der Waals surface area (Å²) >= 11 is 0. The second kappa shape index (κ2) is 14.6. The summed E-state index contributed by atoms with van der Waals surface area (Å²) in [4.78, 5) is 31.6. The first-order valence-electron chi connectivity index (χ1n) is 15.7. The number of nitrogens with one attached hydrogen (secondary N) is 2. The maximum atomic E-state index is 13.1. The van der Waals surface area contributed by atoms with Gasteiger partial charge in [-0.05, 0) is 82.3 Å². The molecule has 3 heterocycles. The highest BCUT2D eigenvalue weighted by Gasteiger charge is 2.27. The zero-order chi connectivity index (χ0) is 32.7. The summed E-state index contributed by atoms with van der Waals surface area (Å²) < 4.78 is 25.1. The van der Waals surface area contributed by atoms with E-state index in [1.165, 1.54) is 0 Å². The van der Waals surface area contributed by atoms with Gasteiger partial charge < -0.3 is 34.6 Å². The minimum absolute atomic E-state index is 0.266. The Morgan fingerprint density at radius 3 is 2.43 bits per heavy atom. The van der Waals surface area contributed by atoms with Crippen LogP contribution in [-0.2, 0) is 9.47 Å². The summed E-state index contributed by atoms with van der Waals surface area (Å²) in [7, 11) is 1.85. The van der Waals surface area contributed by atoms with Crippen LogP contribution in [0.2, 0.25) is 0 Å². The van der Waals surface area contributed by atoms with Crippen molar-refractivity contribution >= 4 is 28.7 Å². The average Bonchev–Trinajstić information content (AvgIpc) is 3.44. The number of amides is 2. The van der Waals surface area contributed by atoms with Crippen molar-refractivity contribution < 1.29 is 28.5 Å². The quantitative estimate of drug-likeness (QED) is 0.174. The summed E-state index contributed by atoms with van der Waals surface area (Å²) in [6.45, 7) is 10.3. The van der Waals surface area contributed by atoms with Crippen LogP contribution in [0.4, 0.5) is 10.6 Å². The fourth-order valence-corrected chi connectivity index (χ4v) is 5.37. The number of likely N-dealkylation sites (tertiary alicyclic amines) is 1. The Bertz CT molecular complexity index is 1640. The van der Waals surface area contributed by atoms with E-state index in [1.54, 1.807) is 23.2 Å². The molecule has 0 aliphatic carbocycles. The van der Waals surface area contributed by atoms with E-state index in [1.807, 2.05) is 88.1 Å². The van der Waals surface area contributed by atoms with Gasteiger partial charge >= 0.3 is 6.09 Å². The Kier molecular flexibility index (Phi) is 10.3. The molecular formula is C35H43N5O6. The molecule has 11 nitrogen and oxygen atoms in total. The lowest BCUT2D eigenvalue weighted by Crippen LogP contribution is -2.41. The van der Waals surface area contributed by atoms with Crippen molar-refractivity contribution in [2.75, 3.05) is 50.7 Å². The highest BCUT2D eigenvalue weighted by atomic mass is 16.6. The van der Waals surface area contributed by atoms with Crippen molar-refractivity contribution in [1.82, 2.24) is 14.6 Å². The molecule has 0 radical (unpaired) electrons. The molecule has 244 valence electrons. The van der Waals surface area contributed by atoms with Crippen LogP contribution < -0.4 is 20.2 Å². The molecule has 0 spiro atoms. The summed E-state index contributed by atoms with van der Waals surface area (Å²) in [5, 5.41) is 3.85. The zero-order valence-electron chi connectivity index (χ0n) is 27.2. The molecule has 2 aromatic heterocycles. The van der Waals surface area contributed by atoms with Crippen LogP contribution in [0.3, 0.4) is 0 Å². The maximum absolute atomic E-state index is 13.1. The largest absolute Gasteiger partial charge is 0.487 e. The highest BCUT2D eigenvalue weighted by molar-refractivity contribution is 6.03. The molecule has 1 aliphatic rings. The molecule has 5 rings (SSSR count). The number of carbonyl (C=O) groups excluding carboxylic acids is 2. The molecule has 11 heteroatoms. The molecule has 46 heavy (non-hydrogen) atoms. The SMILES string of the molecule is CCOCCOc1cc2c(ccn2NC)cc1Oc1ccnc(NC(=O)c2ccc(C3CCN(C(=O)OC(C)(C)C)CC3)cc2)c1. The number of piperidine rings is 1. The standard InChI is InChI=1S/C35H43N5O6/c1-6-43-19-20-44-30-23-29-27(14-18-40(29)36-5)21-31(30)45-28-11-15-37-32(22-28)38-33(41)26-9-7-24(8-10-26)25-12-16-39(17-13-25)34(42)46-35(2,3)4/h7-11,14-15,18,21-23,25,36H,6,12-13,16-17,19-20H2,1-5H3,(H,37,38,41). The van der Waals surface area contributed by atoms with E-state index in [0.29, 0.717) is 67.5 Å². The Morgan fingerprint density at radius 2 is 1.74 bits per heavy atom. The minimum atomic E-state index is -0.509. The Labute approximate surface area is 269 Å². The normalized spacial score (nSPS) is 13.8. The van der Waals surface area contributed by atoms with Crippen LogP contribution in [0.15, 0.2) is 67.0 Å². The second-order valence-corrected chi connectivity index (χ2v) is 12.1. The van der Waals surface area contributed by atoms with Crippen LogP contribution in [-0.4, -0.2) is 72.1 Å². The average molecular weight is 630 g/mol. The van der Waals surface area contributed by atoms with E-state index >= 15 is 0 Å². The van der Waals surface area contributed by atoms with Gasteiger partial charge in [-0.25, -0.2) is 9.78 Å². The third kappa shape index (κ3) is 8.28. The number of hydrogen-bond acceptors (Lipinski definition) is 8. The number of carbonyl (C=O) groups is 2. The lowest BCUT2D eigenvalue weighted by Gasteiger charge is -2.33. The highest BCUT2D eigenvalue weighted by Crippen LogP contribution is 2.36. The molecule has 0 bridgehead atoms. The number of nitrogens with zero attached hydrogens (tertiary/aromatic N) is 3. The van der Waals surface area contributed by atoms with Gasteiger partial charge in [-0.15, -0.1) is 0 Å². The molecule has 0 atom stereocenters. The third-order valence-electron chi connectivity index (χ3n) is 7.68. The Hall–Kier alpha value is -4.77. The molecule has 4 aromatic rings. The first kappa shape index (κ1) is 32.6. The number of fused-ring (bicyclic) bond motifs is 1. The molecule has 0 unspecified atom stereocenters. The van der Waals surface area contributed by atoms with Crippen LogP contribution in [0.25, 0.3) is 10.9 Å². The van der Waals surface area contributed by atoms with Crippen LogP contribution in [0.5, 0.6) is 17.2 Å². The van der Waals surface area contributed by atoms with Crippen molar-refractivity contribution in [3.05, 3.63) is 78.1 Å². The van der Waals surface area contributed by atoms with Crippen molar-refractivity contribution in [3.8, 4) is 17.2 Å². The lowest BCUT2D eigenvalue weighted by atomic mass is 9.89. The number of pyridine rings is 1. The summed E-state index contributed by atoms with van der Waals surface area (Å²) in [5.41, 5.74) is 5.23. The fourth-order valence-electron chi connectivity index (χ4n) is 5.37. The molecule has 2 aromatic carbocycles. The van der Waals surface area contributed by atoms with Crippen molar-refractivity contribution in [2.45, 2.75) is 52.1 Å². The van der Waals surface area contributed by atoms with E-state index < -0.39 is 5.60 Å². The Morgan fingerprint density at radius 1 is 0.978 bits per heavy atom. The first-order valence-corrected chi connectivity index (χ1v) is 15.7. The van der Waals surface area contributed by atoms with Gasteiger partial charge in [-0.3, -0.25) is 9.47 Å². The van der Waals surface area contributed by atoms with Crippen molar-refractivity contribution in [2.24, 2.45) is 0 Å². The summed E-state index contributed by atoms with van der Waals surface area (Å²) in [6.07, 6.45) is 4.94. The van der Waals surface area contributed by atoms with Crippen LogP contribution in [0, 0.1) is 0 Å². The molecule has 1 aliphatic heterocycles. The van der Waals surface area contributed by atoms with Gasteiger partial charge in [-0.1, -0.05) is 12.1 Å². The van der Waals surface area contributed by atoms with Crippen LogP contribution in [0.1, 0.15) is 62.4 Å². The topological polar surface area (TPSA) is 116 Å². The van der Waals surface area contributed by atoms with E-state index in [9.17, 15) is 9.59 Å². The van der Waals surface area contributed by atoms with E-state index in [-0.39, 0.29) is 12.0 Å². The number of anilines is 1. The second-order valence-electron chi connectivity index (χ2n) is 12.1. The van der Waals surface area contributed by atoms with Gasteiger partial charge in [0.1, 0.15) is 23.8 Å². The molecule has 0 saturated carbocycles. The summed E-state index contributed by atoms with van der Waals surface area (Å²) in [5.74, 6) is 2.01. The van der Waals surface area contributed by atoms with Gasteiger partial charge in [0.05, 0.1) is 12.1 Å². The third-order valence-corrected chi connectivity index (χ3v) is 7.68. The smallest absolute Gasteiger partial charge is 0.410 e. The monoisotopic (exact) mass is 629 g/mol. The predicted molar refractivity (Wildman–Crippen MR) is 178 cm³/mol. The van der Waals surface area contributed by atoms with E-state index in [2.05, 4.69) is 15.7 Å². The van der Waals surface area contributed by atoms with Gasteiger partial charge in [-0.2, -0.15) is 0 Å². The zero-order valence-corrected chi connectivity index (χ0v) is 27.2. The van der Waals surface area contributed by atoms with Crippen LogP contribution >= 0.6 is 0 Å². The Balaban J connectivity index is 1.21. The van der Waals surface area contributed by atoms with Gasteiger partial charge in [0.25, 0.3) is 5.91 Å². The summed E-state index contributed by atoms with van der Waals surface area (Å²) in [6, 6.07) is 16.8. The minimum Gasteiger partial charge on any atom is -0.487 e. The number of rotatable bonds is 11. The van der Waals surface area contributed by atoms with Gasteiger partial charge in [0.15, 0.2) is 11.5 Å². The molecule has 2 N–H and O–H groups in total. The van der Waals surface area contributed by atoms with E-state index in [4.69, 9.17) is 18.9 Å². The number of ether oxygens (including phenoxy) is 4. The predicted octanol–water partition coefficient (Wildman–Crippen LogP) is 6.78. The van der Waals surface area contributed by atoms with Crippen molar-refractivity contribution in [3.63, 3.8) is 0 Å². The van der Waals surface area contributed by atoms with Gasteiger partial charge in [0.2, 0.25) is 0 Å². The molecular weight excluding hydrogens is 586 g/mol. The maximum Gasteiger partial charge on any atom is 0.410 e. The fraction of sp³-hybridized carbons (Fsp3) is 0.400. The van der Waals surface area contributed by atoms with E-state index in [0.717, 1.165) is 29.3 Å². The molecule has 2 amide bonds. The molecule has 1 saturated heterocycles. The number of benzene rings is 2. The van der Waals surface area contributed by atoms with Gasteiger partial charge in [0, 0.05) is 62.2 Å². The molecule has 1 fully saturated rings.